The van der Waals surface area contributed by atoms with Crippen LogP contribution in [0.15, 0.2) is 58.5 Å². The molecule has 0 unspecified atom stereocenters. The Balaban J connectivity index is 1.99. The number of nitriles is 1. The van der Waals surface area contributed by atoms with Crippen LogP contribution in [0.2, 0.25) is 0 Å². The number of H-pyrrole nitrogens is 1. The van der Waals surface area contributed by atoms with E-state index in [2.05, 4.69) is 9.97 Å². The van der Waals surface area contributed by atoms with E-state index in [9.17, 15) is 10.1 Å². The molecular weight excluding hydrogens is 346 g/mol. The van der Waals surface area contributed by atoms with Crippen molar-refractivity contribution in [1.82, 2.24) is 9.97 Å². The van der Waals surface area contributed by atoms with Crippen LogP contribution in [0.3, 0.4) is 0 Å². The van der Waals surface area contributed by atoms with Gasteiger partial charge in [0.2, 0.25) is 0 Å². The monoisotopic (exact) mass is 363 g/mol. The molecule has 0 radical (unpaired) electrons. The van der Waals surface area contributed by atoms with Crippen molar-refractivity contribution in [2.24, 2.45) is 0 Å². The lowest BCUT2D eigenvalue weighted by atomic mass is 10.1. The number of ether oxygens (including phenoxy) is 1. The predicted molar refractivity (Wildman–Crippen MR) is 102 cm³/mol. The summed E-state index contributed by atoms with van der Waals surface area (Å²) in [5.41, 5.74) is 2.64. The Morgan fingerprint density at radius 3 is 2.69 bits per heavy atom. The molecule has 0 bridgehead atoms. The molecule has 0 fully saturated rings. The highest BCUT2D eigenvalue weighted by Crippen LogP contribution is 2.28. The maximum absolute atomic E-state index is 12.1. The summed E-state index contributed by atoms with van der Waals surface area (Å²) in [4.78, 5) is 19.1. The minimum absolute atomic E-state index is 0.000613. The van der Waals surface area contributed by atoms with Gasteiger partial charge in [-0.05, 0) is 30.4 Å². The van der Waals surface area contributed by atoms with Gasteiger partial charge in [0, 0.05) is 5.56 Å². The zero-order valence-electron chi connectivity index (χ0n) is 14.4. The number of nitrogens with one attached hydrogen (secondary N) is 1. The first-order valence-corrected chi connectivity index (χ1v) is 9.21. The molecule has 130 valence electrons. The first kappa shape index (κ1) is 17.8. The number of aryl methyl sites for hydroxylation is 1. The highest BCUT2D eigenvalue weighted by molar-refractivity contribution is 7.98. The second kappa shape index (κ2) is 7.89. The molecule has 26 heavy (non-hydrogen) atoms. The lowest BCUT2D eigenvalue weighted by Crippen LogP contribution is -2.14. The van der Waals surface area contributed by atoms with Crippen molar-refractivity contribution in [2.45, 2.75) is 18.7 Å². The van der Waals surface area contributed by atoms with Gasteiger partial charge >= 0.3 is 0 Å². The molecule has 6 heteroatoms. The molecule has 1 heterocycles. The maximum Gasteiger partial charge on any atom is 0.270 e. The third-order valence-electron chi connectivity index (χ3n) is 3.90. The van der Waals surface area contributed by atoms with Gasteiger partial charge in [0.25, 0.3) is 5.56 Å². The molecule has 3 rings (SSSR count). The average Bonchev–Trinajstić information content (AvgIpc) is 2.67. The largest absolute Gasteiger partial charge is 0.489 e. The summed E-state index contributed by atoms with van der Waals surface area (Å²) >= 11 is 1.32. The summed E-state index contributed by atoms with van der Waals surface area (Å²) in [6.45, 7) is 2.39. The molecule has 0 aliphatic heterocycles. The van der Waals surface area contributed by atoms with E-state index in [1.807, 2.05) is 67.8 Å². The van der Waals surface area contributed by atoms with Crippen molar-refractivity contribution < 1.29 is 4.74 Å². The van der Waals surface area contributed by atoms with Crippen LogP contribution in [-0.2, 0) is 6.61 Å². The molecule has 3 aromatic rings. The summed E-state index contributed by atoms with van der Waals surface area (Å²) in [6.07, 6.45) is 1.82. The third-order valence-corrected chi connectivity index (χ3v) is 4.48. The standard InChI is InChI=1S/C20H17N3O2S/c1-13-8-9-15(10-17(13)25-12-14-6-4-3-5-7-14)18-16(11-21)19(24)23-20(22-18)26-2/h3-10H,12H2,1-2H3,(H,22,23,24). The number of benzene rings is 2. The van der Waals surface area contributed by atoms with Crippen molar-refractivity contribution in [3.05, 3.63) is 75.6 Å². The van der Waals surface area contributed by atoms with Gasteiger partial charge in [0.15, 0.2) is 5.16 Å². The van der Waals surface area contributed by atoms with E-state index in [0.717, 1.165) is 11.1 Å². The van der Waals surface area contributed by atoms with Gasteiger partial charge < -0.3 is 9.72 Å². The molecule has 0 atom stereocenters. The van der Waals surface area contributed by atoms with E-state index in [4.69, 9.17) is 4.74 Å². The maximum atomic E-state index is 12.1. The SMILES string of the molecule is CSc1nc(-c2ccc(C)c(OCc3ccccc3)c2)c(C#N)c(=O)[nH]1. The quantitative estimate of drug-likeness (QED) is 0.549. The van der Waals surface area contributed by atoms with Crippen molar-refractivity contribution in [3.63, 3.8) is 0 Å². The molecule has 1 aromatic heterocycles. The third kappa shape index (κ3) is 3.79. The zero-order valence-corrected chi connectivity index (χ0v) is 15.3. The Labute approximate surface area is 155 Å². The summed E-state index contributed by atoms with van der Waals surface area (Å²) < 4.78 is 5.94. The van der Waals surface area contributed by atoms with E-state index in [0.29, 0.717) is 28.8 Å². The Bertz CT molecular complexity index is 1020. The molecule has 0 aliphatic carbocycles. The Morgan fingerprint density at radius 1 is 1.23 bits per heavy atom. The van der Waals surface area contributed by atoms with Crippen LogP contribution in [0.4, 0.5) is 0 Å². The highest BCUT2D eigenvalue weighted by Gasteiger charge is 2.14. The van der Waals surface area contributed by atoms with Crippen molar-refractivity contribution in [3.8, 4) is 23.1 Å². The second-order valence-electron chi connectivity index (χ2n) is 5.67. The van der Waals surface area contributed by atoms with E-state index in [-0.39, 0.29) is 5.56 Å². The first-order valence-electron chi connectivity index (χ1n) is 7.98. The molecule has 5 nitrogen and oxygen atoms in total. The Kier molecular flexibility index (Phi) is 5.40. The summed E-state index contributed by atoms with van der Waals surface area (Å²) in [7, 11) is 0. The van der Waals surface area contributed by atoms with Crippen LogP contribution in [0.1, 0.15) is 16.7 Å². The number of thioether (sulfide) groups is 1. The smallest absolute Gasteiger partial charge is 0.270 e. The van der Waals surface area contributed by atoms with E-state index in [1.165, 1.54) is 11.8 Å². The van der Waals surface area contributed by atoms with Gasteiger partial charge in [-0.3, -0.25) is 4.79 Å². The fourth-order valence-electron chi connectivity index (χ4n) is 2.50. The topological polar surface area (TPSA) is 78.8 Å². The van der Waals surface area contributed by atoms with Crippen molar-refractivity contribution >= 4 is 11.8 Å². The summed E-state index contributed by atoms with van der Waals surface area (Å²) in [6, 6.07) is 17.4. The van der Waals surface area contributed by atoms with E-state index < -0.39 is 5.56 Å². The summed E-state index contributed by atoms with van der Waals surface area (Å²) in [5.74, 6) is 0.697. The zero-order chi connectivity index (χ0) is 18.5. The Morgan fingerprint density at radius 2 is 2.00 bits per heavy atom. The number of aromatic nitrogens is 2. The lowest BCUT2D eigenvalue weighted by molar-refractivity contribution is 0.304. The average molecular weight is 363 g/mol. The number of hydrogen-bond acceptors (Lipinski definition) is 5. The van der Waals surface area contributed by atoms with Crippen LogP contribution >= 0.6 is 11.8 Å². The number of rotatable bonds is 5. The lowest BCUT2D eigenvalue weighted by Gasteiger charge is -2.12. The van der Waals surface area contributed by atoms with E-state index >= 15 is 0 Å². The van der Waals surface area contributed by atoms with Gasteiger partial charge in [-0.15, -0.1) is 0 Å². The van der Waals surface area contributed by atoms with Gasteiger partial charge in [-0.1, -0.05) is 54.2 Å². The molecule has 0 saturated carbocycles. The van der Waals surface area contributed by atoms with Crippen molar-refractivity contribution in [2.75, 3.05) is 6.26 Å². The van der Waals surface area contributed by atoms with Crippen LogP contribution in [0, 0.1) is 18.3 Å². The van der Waals surface area contributed by atoms with Gasteiger partial charge in [0.05, 0.1) is 5.69 Å². The van der Waals surface area contributed by atoms with Crippen molar-refractivity contribution in [1.29, 1.82) is 5.26 Å². The number of hydrogen-bond donors (Lipinski definition) is 1. The number of nitrogens with zero attached hydrogens (tertiary/aromatic N) is 2. The van der Waals surface area contributed by atoms with Crippen LogP contribution in [-0.4, -0.2) is 16.2 Å². The fourth-order valence-corrected chi connectivity index (χ4v) is 2.88. The van der Waals surface area contributed by atoms with Crippen LogP contribution < -0.4 is 10.3 Å². The minimum atomic E-state index is -0.436. The second-order valence-corrected chi connectivity index (χ2v) is 6.46. The first-order chi connectivity index (χ1) is 12.6. The molecule has 0 spiro atoms. The molecular formula is C20H17N3O2S. The van der Waals surface area contributed by atoms with Crippen LogP contribution in [0.25, 0.3) is 11.3 Å². The normalized spacial score (nSPS) is 10.3. The number of aromatic amines is 1. The van der Waals surface area contributed by atoms with Gasteiger partial charge in [0.1, 0.15) is 24.0 Å². The molecule has 1 N–H and O–H groups in total. The molecule has 0 aliphatic rings. The molecule has 2 aromatic carbocycles. The Hall–Kier alpha value is -3.04. The fraction of sp³-hybridized carbons (Fsp3) is 0.150. The highest BCUT2D eigenvalue weighted by atomic mass is 32.2. The molecule has 0 saturated heterocycles. The summed E-state index contributed by atoms with van der Waals surface area (Å²) in [5, 5.41) is 9.82. The predicted octanol–water partition coefficient (Wildman–Crippen LogP) is 3.92. The van der Waals surface area contributed by atoms with Crippen LogP contribution in [0.5, 0.6) is 5.75 Å². The minimum Gasteiger partial charge on any atom is -0.489 e. The van der Waals surface area contributed by atoms with Gasteiger partial charge in [-0.25, -0.2) is 4.98 Å². The van der Waals surface area contributed by atoms with E-state index in [1.54, 1.807) is 0 Å². The molecule has 0 amide bonds. The van der Waals surface area contributed by atoms with Gasteiger partial charge in [-0.2, -0.15) is 5.26 Å².